The summed E-state index contributed by atoms with van der Waals surface area (Å²) < 4.78 is 10.7. The van der Waals surface area contributed by atoms with Crippen LogP contribution in [0.4, 0.5) is 0 Å². The van der Waals surface area contributed by atoms with E-state index < -0.39 is 0 Å². The fraction of sp³-hybridized carbons (Fsp3) is 0.531. The highest BCUT2D eigenvalue weighted by molar-refractivity contribution is 5.89. The number of amides is 1. The second-order valence-electron chi connectivity index (χ2n) is 9.80. The highest BCUT2D eigenvalue weighted by Crippen LogP contribution is 2.18. The van der Waals surface area contributed by atoms with E-state index in [4.69, 9.17) is 9.47 Å². The molecule has 0 heterocycles. The molecule has 208 valence electrons. The summed E-state index contributed by atoms with van der Waals surface area (Å²) in [5, 5.41) is 4.12. The number of hydrazone groups is 1. The first kappa shape index (κ1) is 31.1. The van der Waals surface area contributed by atoms with Gasteiger partial charge in [-0.1, -0.05) is 108 Å². The number of ether oxygens (including phenoxy) is 2. The van der Waals surface area contributed by atoms with Crippen molar-refractivity contribution in [2.75, 3.05) is 7.11 Å². The number of benzene rings is 2. The molecule has 0 aliphatic rings. The van der Waals surface area contributed by atoms with Crippen LogP contribution in [0.5, 0.6) is 5.75 Å². The molecule has 2 aromatic carbocycles. The van der Waals surface area contributed by atoms with Crippen LogP contribution in [-0.2, 0) is 16.1 Å². The number of rotatable bonds is 20. The molecule has 1 N–H and O–H groups in total. The number of hydrogen-bond donors (Lipinski definition) is 1. The summed E-state index contributed by atoms with van der Waals surface area (Å²) in [5.74, 6) is 0.239. The minimum atomic E-state index is -0.366. The summed E-state index contributed by atoms with van der Waals surface area (Å²) in [5.41, 5.74) is 4.83. The lowest BCUT2D eigenvalue weighted by molar-refractivity contribution is -0.121. The van der Waals surface area contributed by atoms with Crippen LogP contribution in [0.25, 0.3) is 0 Å². The van der Waals surface area contributed by atoms with Crippen molar-refractivity contribution in [2.24, 2.45) is 5.10 Å². The summed E-state index contributed by atoms with van der Waals surface area (Å²) in [4.78, 5) is 23.7. The normalized spacial score (nSPS) is 11.0. The minimum absolute atomic E-state index is 0.0616. The van der Waals surface area contributed by atoms with Crippen LogP contribution in [0.1, 0.15) is 118 Å². The van der Waals surface area contributed by atoms with E-state index in [0.29, 0.717) is 24.3 Å². The maximum absolute atomic E-state index is 12.1. The quantitative estimate of drug-likeness (QED) is 0.0827. The SMILES string of the molecule is CCCCCCCCCCCCCCCC(=O)N/N=C/c1ccccc1OCc1ccc(C(=O)OC)cc1. The van der Waals surface area contributed by atoms with Gasteiger partial charge in [-0.2, -0.15) is 5.10 Å². The third kappa shape index (κ3) is 13.4. The summed E-state index contributed by atoms with van der Waals surface area (Å²) in [6.07, 6.45) is 18.8. The van der Waals surface area contributed by atoms with Gasteiger partial charge in [-0.3, -0.25) is 4.79 Å². The maximum Gasteiger partial charge on any atom is 0.337 e. The minimum Gasteiger partial charge on any atom is -0.488 e. The van der Waals surface area contributed by atoms with E-state index in [1.807, 2.05) is 36.4 Å². The number of para-hydroxylation sites is 1. The largest absolute Gasteiger partial charge is 0.488 e. The Morgan fingerprint density at radius 3 is 1.97 bits per heavy atom. The Bertz CT molecular complexity index is 956. The molecule has 1 amide bonds. The number of nitrogens with zero attached hydrogens (tertiary/aromatic N) is 1. The van der Waals surface area contributed by atoms with Crippen molar-refractivity contribution < 1.29 is 19.1 Å². The third-order valence-electron chi connectivity index (χ3n) is 6.59. The van der Waals surface area contributed by atoms with Gasteiger partial charge in [-0.05, 0) is 36.2 Å². The predicted molar refractivity (Wildman–Crippen MR) is 155 cm³/mol. The lowest BCUT2D eigenvalue weighted by Gasteiger charge is -2.09. The van der Waals surface area contributed by atoms with Crippen molar-refractivity contribution in [3.8, 4) is 5.75 Å². The number of methoxy groups -OCH3 is 1. The molecule has 0 aliphatic carbocycles. The number of carbonyl (C=O) groups excluding carboxylic acids is 2. The van der Waals surface area contributed by atoms with E-state index in [-0.39, 0.29) is 11.9 Å². The second-order valence-corrected chi connectivity index (χ2v) is 9.80. The number of carbonyl (C=O) groups is 2. The van der Waals surface area contributed by atoms with Gasteiger partial charge in [0.2, 0.25) is 5.91 Å². The number of esters is 1. The zero-order valence-electron chi connectivity index (χ0n) is 23.4. The van der Waals surface area contributed by atoms with Gasteiger partial charge < -0.3 is 9.47 Å². The Morgan fingerprint density at radius 1 is 0.789 bits per heavy atom. The first-order chi connectivity index (χ1) is 18.6. The fourth-order valence-electron chi connectivity index (χ4n) is 4.27. The Morgan fingerprint density at radius 2 is 1.37 bits per heavy atom. The van der Waals surface area contributed by atoms with Crippen LogP contribution in [0, 0.1) is 0 Å². The van der Waals surface area contributed by atoms with Gasteiger partial charge in [0.1, 0.15) is 12.4 Å². The molecule has 0 atom stereocenters. The topological polar surface area (TPSA) is 77.0 Å². The van der Waals surface area contributed by atoms with Crippen LogP contribution < -0.4 is 10.2 Å². The van der Waals surface area contributed by atoms with Crippen molar-refractivity contribution in [1.29, 1.82) is 0 Å². The molecule has 2 aromatic rings. The molecule has 0 aromatic heterocycles. The van der Waals surface area contributed by atoms with E-state index in [1.165, 1.54) is 77.7 Å². The summed E-state index contributed by atoms with van der Waals surface area (Å²) in [6, 6.07) is 14.6. The van der Waals surface area contributed by atoms with Crippen molar-refractivity contribution in [3.05, 3.63) is 65.2 Å². The van der Waals surface area contributed by atoms with Crippen molar-refractivity contribution in [1.82, 2.24) is 5.43 Å². The lowest BCUT2D eigenvalue weighted by Crippen LogP contribution is -2.17. The molecule has 0 saturated carbocycles. The Balaban J connectivity index is 1.58. The van der Waals surface area contributed by atoms with E-state index in [0.717, 1.165) is 24.0 Å². The van der Waals surface area contributed by atoms with Crippen molar-refractivity contribution in [2.45, 2.75) is 103 Å². The molecular formula is C32H46N2O4. The molecular weight excluding hydrogens is 476 g/mol. The molecule has 0 saturated heterocycles. The second kappa shape index (κ2) is 19.9. The molecule has 0 aliphatic heterocycles. The third-order valence-corrected chi connectivity index (χ3v) is 6.59. The monoisotopic (exact) mass is 522 g/mol. The Labute approximate surface area is 229 Å². The van der Waals surface area contributed by atoms with Crippen LogP contribution in [-0.4, -0.2) is 25.2 Å². The van der Waals surface area contributed by atoms with Gasteiger partial charge in [0.25, 0.3) is 0 Å². The molecule has 2 rings (SSSR count). The number of nitrogens with one attached hydrogen (secondary N) is 1. The van der Waals surface area contributed by atoms with E-state index in [1.54, 1.807) is 18.3 Å². The van der Waals surface area contributed by atoms with Gasteiger partial charge in [0.15, 0.2) is 0 Å². The summed E-state index contributed by atoms with van der Waals surface area (Å²) in [7, 11) is 1.36. The first-order valence-electron chi connectivity index (χ1n) is 14.3. The summed E-state index contributed by atoms with van der Waals surface area (Å²) >= 11 is 0. The van der Waals surface area contributed by atoms with Gasteiger partial charge >= 0.3 is 5.97 Å². The molecule has 6 nitrogen and oxygen atoms in total. The van der Waals surface area contributed by atoms with Gasteiger partial charge in [0, 0.05) is 12.0 Å². The zero-order valence-corrected chi connectivity index (χ0v) is 23.4. The maximum atomic E-state index is 12.1. The molecule has 38 heavy (non-hydrogen) atoms. The predicted octanol–water partition coefficient (Wildman–Crippen LogP) is 7.98. The standard InChI is InChI=1S/C32H46N2O4/c1-3-4-5-6-7-8-9-10-11-12-13-14-15-20-31(35)34-33-25-29-18-16-17-19-30(29)38-26-27-21-23-28(24-22-27)32(36)37-2/h16-19,21-25H,3-15,20,26H2,1-2H3,(H,34,35)/b33-25+. The lowest BCUT2D eigenvalue weighted by atomic mass is 10.0. The number of hydrogen-bond acceptors (Lipinski definition) is 5. The Hall–Kier alpha value is -3.15. The highest BCUT2D eigenvalue weighted by atomic mass is 16.5. The van der Waals surface area contributed by atoms with Crippen molar-refractivity contribution in [3.63, 3.8) is 0 Å². The fourth-order valence-corrected chi connectivity index (χ4v) is 4.27. The van der Waals surface area contributed by atoms with Gasteiger partial charge in [0.05, 0.1) is 18.9 Å². The zero-order chi connectivity index (χ0) is 27.3. The van der Waals surface area contributed by atoms with E-state index in [2.05, 4.69) is 17.5 Å². The van der Waals surface area contributed by atoms with Crippen molar-refractivity contribution >= 4 is 18.1 Å². The van der Waals surface area contributed by atoms with Crippen LogP contribution in [0.15, 0.2) is 53.6 Å². The average Bonchev–Trinajstić information content (AvgIpc) is 2.95. The van der Waals surface area contributed by atoms with Crippen LogP contribution in [0.2, 0.25) is 0 Å². The van der Waals surface area contributed by atoms with Gasteiger partial charge in [-0.25, -0.2) is 10.2 Å². The molecule has 0 unspecified atom stereocenters. The molecule has 0 radical (unpaired) electrons. The highest BCUT2D eigenvalue weighted by Gasteiger charge is 2.06. The first-order valence-corrected chi connectivity index (χ1v) is 14.3. The molecule has 0 bridgehead atoms. The smallest absolute Gasteiger partial charge is 0.337 e. The van der Waals surface area contributed by atoms with Crippen LogP contribution in [0.3, 0.4) is 0 Å². The molecule has 0 fully saturated rings. The van der Waals surface area contributed by atoms with Crippen LogP contribution >= 0.6 is 0 Å². The molecule has 0 spiro atoms. The molecule has 6 heteroatoms. The summed E-state index contributed by atoms with van der Waals surface area (Å²) in [6.45, 7) is 2.61. The average molecular weight is 523 g/mol. The Kier molecular flexibility index (Phi) is 16.3. The number of unbranched alkanes of at least 4 members (excludes halogenated alkanes) is 12. The van der Waals surface area contributed by atoms with E-state index >= 15 is 0 Å². The van der Waals surface area contributed by atoms with E-state index in [9.17, 15) is 9.59 Å². The van der Waals surface area contributed by atoms with Gasteiger partial charge in [-0.15, -0.1) is 0 Å².